The predicted octanol–water partition coefficient (Wildman–Crippen LogP) is 3.69. The minimum Gasteiger partial charge on any atom is -0.508 e. The molecule has 40 heavy (non-hydrogen) atoms. The number of ketones is 2. The molecule has 0 aromatic heterocycles. The van der Waals surface area contributed by atoms with E-state index in [1.54, 1.807) is 13.2 Å². The van der Waals surface area contributed by atoms with Gasteiger partial charge in [0.05, 0.1) is 7.11 Å². The summed E-state index contributed by atoms with van der Waals surface area (Å²) in [5.41, 5.74) is 4.98. The van der Waals surface area contributed by atoms with Crippen molar-refractivity contribution < 1.29 is 34.4 Å². The van der Waals surface area contributed by atoms with Gasteiger partial charge >= 0.3 is 0 Å². The number of aliphatic hydroxyl groups is 3. The number of ether oxygens (including phenoxy) is 1. The van der Waals surface area contributed by atoms with Crippen LogP contribution in [0.2, 0.25) is 0 Å². The summed E-state index contributed by atoms with van der Waals surface area (Å²) < 4.78 is 5.39. The average Bonchev–Trinajstić information content (AvgIpc) is 2.91. The summed E-state index contributed by atoms with van der Waals surface area (Å²) in [6.45, 7) is 1.97. The Balaban J connectivity index is 1.58. The van der Waals surface area contributed by atoms with Crippen LogP contribution in [0.4, 0.5) is 5.69 Å². The van der Waals surface area contributed by atoms with E-state index in [-0.39, 0.29) is 36.1 Å². The van der Waals surface area contributed by atoms with Gasteiger partial charge in [-0.15, -0.1) is 4.91 Å². The summed E-state index contributed by atoms with van der Waals surface area (Å²) in [7, 11) is 1.61. The largest absolute Gasteiger partial charge is 0.508 e. The predicted molar refractivity (Wildman–Crippen MR) is 146 cm³/mol. The van der Waals surface area contributed by atoms with Crippen molar-refractivity contribution in [2.24, 2.45) is 22.7 Å². The zero-order valence-corrected chi connectivity index (χ0v) is 21.9. The number of nitroso groups, excluding NO2 is 1. The number of carbonyl (C=O) groups is 3. The quantitative estimate of drug-likeness (QED) is 0.314. The minimum atomic E-state index is -2.60. The van der Waals surface area contributed by atoms with Gasteiger partial charge in [-0.25, -0.2) is 0 Å². The number of primary amides is 1. The molecule has 1 amide bonds. The van der Waals surface area contributed by atoms with Crippen molar-refractivity contribution in [2.75, 3.05) is 7.11 Å². The standard InChI is InChI=1S/C30H28N2O8/c1-14-15(6-4-8-22(14)40-2)5-3-7-16-9-10-20(32-39)24-19(16)12-17-11-18-13-21(33)25(29(31)37)28(36)30(18,38)27(35)23(17)26(24)34/h3-4,6-10,17-18,34,36,38H,5,11-13H2,1-2H3,(H2,31,37)/b7-3-/t17-,18+,30+/m1/s1. The second-order valence-electron chi connectivity index (χ2n) is 10.4. The fourth-order valence-electron chi connectivity index (χ4n) is 6.29. The molecular weight excluding hydrogens is 516 g/mol. The van der Waals surface area contributed by atoms with Crippen molar-refractivity contribution in [3.05, 3.63) is 86.0 Å². The van der Waals surface area contributed by atoms with Gasteiger partial charge in [-0.3, -0.25) is 14.4 Å². The van der Waals surface area contributed by atoms with Crippen molar-refractivity contribution in [1.29, 1.82) is 0 Å². The molecule has 0 bridgehead atoms. The highest BCUT2D eigenvalue weighted by Gasteiger charge is 2.60. The first kappa shape index (κ1) is 27.0. The van der Waals surface area contributed by atoms with Gasteiger partial charge in [-0.1, -0.05) is 30.4 Å². The third kappa shape index (κ3) is 3.94. The van der Waals surface area contributed by atoms with Gasteiger partial charge in [0, 0.05) is 23.5 Å². The molecule has 0 unspecified atom stereocenters. The van der Waals surface area contributed by atoms with Crippen LogP contribution in [0, 0.1) is 23.7 Å². The number of benzene rings is 2. The molecule has 2 aromatic rings. The number of nitrogens with zero attached hydrogens (tertiary/aromatic N) is 1. The number of carbonyl (C=O) groups excluding carboxylic acids is 3. The molecule has 0 saturated heterocycles. The Hall–Kier alpha value is -4.57. The van der Waals surface area contributed by atoms with Crippen LogP contribution in [0.15, 0.2) is 58.5 Å². The van der Waals surface area contributed by atoms with Crippen LogP contribution in [0.3, 0.4) is 0 Å². The number of nitrogens with two attached hydrogens (primary N) is 1. The highest BCUT2D eigenvalue weighted by Crippen LogP contribution is 2.52. The SMILES string of the molecule is COc1cccc(C/C=C\c2ccc(N=O)c3c2C[C@H]2C[C@H]4CC(=O)C(C(N)=O)=C(O)[C@@]4(O)C(=O)C2=C3O)c1C. The molecule has 10 heteroatoms. The highest BCUT2D eigenvalue weighted by atomic mass is 16.5. The van der Waals surface area contributed by atoms with E-state index >= 15 is 0 Å². The fourth-order valence-corrected chi connectivity index (χ4v) is 6.29. The van der Waals surface area contributed by atoms with Crippen molar-refractivity contribution in [3.8, 4) is 5.75 Å². The third-order valence-electron chi connectivity index (χ3n) is 8.33. The van der Waals surface area contributed by atoms with Gasteiger partial charge in [-0.2, -0.15) is 0 Å². The van der Waals surface area contributed by atoms with Gasteiger partial charge in [0.2, 0.25) is 5.78 Å². The molecule has 3 aliphatic carbocycles. The topological polar surface area (TPSA) is 177 Å². The molecule has 0 heterocycles. The molecule has 3 atom stereocenters. The monoisotopic (exact) mass is 544 g/mol. The van der Waals surface area contributed by atoms with Gasteiger partial charge in [-0.05, 0) is 71.7 Å². The summed E-state index contributed by atoms with van der Waals surface area (Å²) in [6.07, 6.45) is 4.31. The summed E-state index contributed by atoms with van der Waals surface area (Å²) >= 11 is 0. The number of methoxy groups -OCH3 is 1. The Kier molecular flexibility index (Phi) is 6.67. The van der Waals surface area contributed by atoms with Crippen LogP contribution in [-0.2, 0) is 27.2 Å². The summed E-state index contributed by atoms with van der Waals surface area (Å²) in [5.74, 6) is -5.55. The van der Waals surface area contributed by atoms with E-state index in [0.29, 0.717) is 17.5 Å². The second kappa shape index (κ2) is 9.87. The first-order valence-electron chi connectivity index (χ1n) is 12.8. The Morgan fingerprint density at radius 1 is 1.20 bits per heavy atom. The van der Waals surface area contributed by atoms with E-state index in [9.17, 15) is 34.6 Å². The van der Waals surface area contributed by atoms with E-state index in [1.807, 2.05) is 37.3 Å². The normalized spacial score (nSPS) is 24.1. The lowest BCUT2D eigenvalue weighted by atomic mass is 9.59. The van der Waals surface area contributed by atoms with Crippen molar-refractivity contribution in [1.82, 2.24) is 0 Å². The summed E-state index contributed by atoms with van der Waals surface area (Å²) in [6, 6.07) is 8.93. The number of hydrogen-bond acceptors (Lipinski definition) is 9. The third-order valence-corrected chi connectivity index (χ3v) is 8.33. The molecule has 0 aliphatic heterocycles. The molecule has 5 rings (SSSR count). The van der Waals surface area contributed by atoms with Crippen LogP contribution in [0.5, 0.6) is 5.75 Å². The van der Waals surface area contributed by atoms with E-state index < -0.39 is 52.0 Å². The zero-order chi connectivity index (χ0) is 28.9. The lowest BCUT2D eigenvalue weighted by Crippen LogP contribution is -2.58. The molecule has 206 valence electrons. The molecular formula is C30H28N2O8. The van der Waals surface area contributed by atoms with Crippen LogP contribution >= 0.6 is 0 Å². The first-order valence-corrected chi connectivity index (χ1v) is 12.8. The number of Topliss-reactive ketones (excluding diaryl/α,β-unsaturated/α-hetero) is 2. The number of aliphatic hydroxyl groups excluding tert-OH is 2. The Morgan fingerprint density at radius 3 is 2.62 bits per heavy atom. The van der Waals surface area contributed by atoms with E-state index in [0.717, 1.165) is 16.9 Å². The minimum absolute atomic E-state index is 0.0633. The lowest BCUT2D eigenvalue weighted by Gasteiger charge is -2.46. The number of allylic oxidation sites excluding steroid dienone is 1. The number of hydrogen-bond donors (Lipinski definition) is 4. The zero-order valence-electron chi connectivity index (χ0n) is 21.9. The summed E-state index contributed by atoms with van der Waals surface area (Å²) in [5, 5.41) is 36.4. The average molecular weight is 545 g/mol. The van der Waals surface area contributed by atoms with Gasteiger partial charge in [0.15, 0.2) is 11.4 Å². The van der Waals surface area contributed by atoms with Gasteiger partial charge in [0.25, 0.3) is 5.91 Å². The number of amides is 1. The smallest absolute Gasteiger partial charge is 0.255 e. The maximum Gasteiger partial charge on any atom is 0.255 e. The molecule has 10 nitrogen and oxygen atoms in total. The Labute approximate surface area is 229 Å². The lowest BCUT2D eigenvalue weighted by molar-refractivity contribution is -0.147. The molecule has 0 radical (unpaired) electrons. The van der Waals surface area contributed by atoms with Gasteiger partial charge in [0.1, 0.15) is 28.5 Å². The first-order chi connectivity index (χ1) is 19.0. The van der Waals surface area contributed by atoms with Crippen LogP contribution in [-0.4, -0.2) is 45.5 Å². The number of fused-ring (bicyclic) bond motifs is 3. The van der Waals surface area contributed by atoms with Gasteiger partial charge < -0.3 is 25.8 Å². The van der Waals surface area contributed by atoms with Crippen molar-refractivity contribution in [2.45, 2.75) is 38.2 Å². The molecule has 0 spiro atoms. The fraction of sp³-hybridized carbons (Fsp3) is 0.300. The Morgan fingerprint density at radius 2 is 1.95 bits per heavy atom. The number of rotatable bonds is 6. The molecule has 2 aromatic carbocycles. The van der Waals surface area contributed by atoms with Crippen LogP contribution in [0.25, 0.3) is 11.8 Å². The maximum absolute atomic E-state index is 13.7. The van der Waals surface area contributed by atoms with E-state index in [1.165, 1.54) is 6.07 Å². The van der Waals surface area contributed by atoms with Crippen LogP contribution < -0.4 is 10.5 Å². The maximum atomic E-state index is 13.7. The molecule has 1 fully saturated rings. The second-order valence-corrected chi connectivity index (χ2v) is 10.4. The molecule has 3 aliphatic rings. The Bertz CT molecular complexity index is 1580. The van der Waals surface area contributed by atoms with E-state index in [4.69, 9.17) is 10.5 Å². The molecule has 5 N–H and O–H groups in total. The van der Waals surface area contributed by atoms with Crippen LogP contribution in [0.1, 0.15) is 40.7 Å². The highest BCUT2D eigenvalue weighted by molar-refractivity contribution is 6.22. The summed E-state index contributed by atoms with van der Waals surface area (Å²) in [4.78, 5) is 49.7. The molecule has 1 saturated carbocycles. The van der Waals surface area contributed by atoms with E-state index in [2.05, 4.69) is 5.18 Å². The van der Waals surface area contributed by atoms with Crippen molar-refractivity contribution in [3.63, 3.8) is 0 Å². The van der Waals surface area contributed by atoms with Crippen molar-refractivity contribution >= 4 is 35.0 Å².